The summed E-state index contributed by atoms with van der Waals surface area (Å²) in [4.78, 5) is 25.5. The quantitative estimate of drug-likeness (QED) is 0.815. The minimum absolute atomic E-state index is 0.156. The predicted octanol–water partition coefficient (Wildman–Crippen LogP) is 3.07. The lowest BCUT2D eigenvalue weighted by atomic mass is 9.87. The number of hydrogen-bond donors (Lipinski definition) is 1. The maximum atomic E-state index is 12.5. The zero-order chi connectivity index (χ0) is 17.0. The van der Waals surface area contributed by atoms with Gasteiger partial charge in [-0.25, -0.2) is 0 Å². The first kappa shape index (κ1) is 18.2. The molecule has 1 N–H and O–H groups in total. The highest BCUT2D eigenvalue weighted by Gasteiger charge is 2.35. The Morgan fingerprint density at radius 1 is 1.13 bits per heavy atom. The van der Waals surface area contributed by atoms with Crippen LogP contribution in [0.3, 0.4) is 0 Å². The molecule has 132 valence electrons. The summed E-state index contributed by atoms with van der Waals surface area (Å²) >= 11 is 0. The van der Waals surface area contributed by atoms with Crippen LogP contribution in [0.25, 0.3) is 0 Å². The number of carbonyl (C=O) groups excluding carboxylic acids is 1. The summed E-state index contributed by atoms with van der Waals surface area (Å²) in [5.74, 6) is -0.264. The first-order valence-corrected chi connectivity index (χ1v) is 9.04. The van der Waals surface area contributed by atoms with E-state index in [9.17, 15) is 9.59 Å². The van der Waals surface area contributed by atoms with E-state index in [1.54, 1.807) is 0 Å². The largest absolute Gasteiger partial charge is 0.481 e. The third-order valence-corrected chi connectivity index (χ3v) is 5.20. The minimum Gasteiger partial charge on any atom is -0.481 e. The molecule has 2 rings (SSSR count). The van der Waals surface area contributed by atoms with Gasteiger partial charge in [0.15, 0.2) is 0 Å². The van der Waals surface area contributed by atoms with Crippen LogP contribution in [0.4, 0.5) is 0 Å². The van der Waals surface area contributed by atoms with Gasteiger partial charge in [-0.05, 0) is 51.4 Å². The van der Waals surface area contributed by atoms with E-state index in [4.69, 9.17) is 9.84 Å². The van der Waals surface area contributed by atoms with Crippen molar-refractivity contribution < 1.29 is 19.4 Å². The number of likely N-dealkylation sites (tertiary alicyclic amines) is 1. The lowest BCUT2D eigenvalue weighted by molar-refractivity contribution is -0.144. The second-order valence-corrected chi connectivity index (χ2v) is 7.62. The van der Waals surface area contributed by atoms with Crippen LogP contribution in [-0.4, -0.2) is 46.7 Å². The van der Waals surface area contributed by atoms with Crippen LogP contribution in [0, 0.1) is 11.8 Å². The maximum absolute atomic E-state index is 12.5. The molecule has 0 aromatic heterocycles. The normalized spacial score (nSPS) is 31.6. The fraction of sp³-hybridized carbons (Fsp3) is 0.889. The Kier molecular flexibility index (Phi) is 6.45. The van der Waals surface area contributed by atoms with Crippen LogP contribution in [0.2, 0.25) is 0 Å². The van der Waals surface area contributed by atoms with Gasteiger partial charge < -0.3 is 14.7 Å². The van der Waals surface area contributed by atoms with Gasteiger partial charge in [-0.2, -0.15) is 0 Å². The van der Waals surface area contributed by atoms with Crippen molar-refractivity contribution in [1.29, 1.82) is 0 Å². The summed E-state index contributed by atoms with van der Waals surface area (Å²) in [6.07, 6.45) is 5.86. The standard InChI is InChI=1S/C18H31NO4/c1-12(2)10-17(20)19-13(3)4-7-15(19)11-23-16-8-5-14(6-9-16)18(21)22/h12-16H,4-11H2,1-3H3,(H,21,22). The molecular formula is C18H31NO4. The Hall–Kier alpha value is -1.10. The second kappa shape index (κ2) is 8.13. The van der Waals surface area contributed by atoms with Crippen LogP contribution in [-0.2, 0) is 14.3 Å². The molecule has 1 saturated heterocycles. The number of carboxylic acids is 1. The number of amides is 1. The number of hydrogen-bond acceptors (Lipinski definition) is 3. The lowest BCUT2D eigenvalue weighted by Crippen LogP contribution is -2.43. The van der Waals surface area contributed by atoms with Crippen molar-refractivity contribution in [2.75, 3.05) is 6.61 Å². The highest BCUT2D eigenvalue weighted by atomic mass is 16.5. The van der Waals surface area contributed by atoms with E-state index in [1.165, 1.54) is 0 Å². The maximum Gasteiger partial charge on any atom is 0.306 e. The van der Waals surface area contributed by atoms with E-state index in [0.29, 0.717) is 37.8 Å². The summed E-state index contributed by atoms with van der Waals surface area (Å²) < 4.78 is 6.04. The third-order valence-electron chi connectivity index (χ3n) is 5.20. The number of ether oxygens (including phenoxy) is 1. The van der Waals surface area contributed by atoms with Crippen molar-refractivity contribution >= 4 is 11.9 Å². The van der Waals surface area contributed by atoms with E-state index >= 15 is 0 Å². The van der Waals surface area contributed by atoms with E-state index in [-0.39, 0.29) is 24.0 Å². The van der Waals surface area contributed by atoms with Crippen molar-refractivity contribution in [3.63, 3.8) is 0 Å². The molecule has 2 atom stereocenters. The topological polar surface area (TPSA) is 66.8 Å². The van der Waals surface area contributed by atoms with Gasteiger partial charge in [0.2, 0.25) is 5.91 Å². The van der Waals surface area contributed by atoms with Crippen molar-refractivity contribution in [3.05, 3.63) is 0 Å². The molecule has 23 heavy (non-hydrogen) atoms. The molecule has 5 heteroatoms. The molecule has 1 amide bonds. The van der Waals surface area contributed by atoms with E-state index < -0.39 is 5.97 Å². The number of nitrogens with zero attached hydrogens (tertiary/aromatic N) is 1. The first-order valence-electron chi connectivity index (χ1n) is 9.04. The zero-order valence-electron chi connectivity index (χ0n) is 14.7. The van der Waals surface area contributed by atoms with Crippen molar-refractivity contribution in [2.24, 2.45) is 11.8 Å². The molecule has 2 fully saturated rings. The fourth-order valence-corrected chi connectivity index (χ4v) is 3.86. The van der Waals surface area contributed by atoms with Crippen LogP contribution in [0.5, 0.6) is 0 Å². The smallest absolute Gasteiger partial charge is 0.306 e. The van der Waals surface area contributed by atoms with Gasteiger partial charge in [-0.1, -0.05) is 13.8 Å². The van der Waals surface area contributed by atoms with Crippen molar-refractivity contribution in [2.45, 2.75) is 83.9 Å². The number of aliphatic carboxylic acids is 1. The summed E-state index contributed by atoms with van der Waals surface area (Å²) in [6.45, 7) is 6.86. The molecule has 0 radical (unpaired) electrons. The average Bonchev–Trinajstić information content (AvgIpc) is 2.86. The second-order valence-electron chi connectivity index (χ2n) is 7.62. The highest BCUT2D eigenvalue weighted by Crippen LogP contribution is 2.29. The van der Waals surface area contributed by atoms with Gasteiger partial charge >= 0.3 is 5.97 Å². The molecule has 1 aliphatic heterocycles. The Balaban J connectivity index is 1.80. The Labute approximate surface area is 139 Å². The molecule has 1 aliphatic carbocycles. The fourth-order valence-electron chi connectivity index (χ4n) is 3.86. The van der Waals surface area contributed by atoms with Gasteiger partial charge in [-0.3, -0.25) is 9.59 Å². The number of carboxylic acid groups (broad SMARTS) is 1. The average molecular weight is 325 g/mol. The first-order chi connectivity index (χ1) is 10.9. The molecule has 2 unspecified atom stereocenters. The molecule has 0 spiro atoms. The van der Waals surface area contributed by atoms with Crippen LogP contribution < -0.4 is 0 Å². The van der Waals surface area contributed by atoms with Gasteiger partial charge in [0.1, 0.15) is 0 Å². The zero-order valence-corrected chi connectivity index (χ0v) is 14.7. The summed E-state index contributed by atoms with van der Waals surface area (Å²) in [7, 11) is 0. The molecule has 1 saturated carbocycles. The van der Waals surface area contributed by atoms with E-state index in [0.717, 1.165) is 25.7 Å². The molecule has 1 heterocycles. The minimum atomic E-state index is -0.682. The molecule has 5 nitrogen and oxygen atoms in total. The third kappa shape index (κ3) is 4.93. The number of rotatable bonds is 6. The molecular weight excluding hydrogens is 294 g/mol. The lowest BCUT2D eigenvalue weighted by Gasteiger charge is -2.32. The van der Waals surface area contributed by atoms with Crippen LogP contribution in [0.15, 0.2) is 0 Å². The summed E-state index contributed by atoms with van der Waals surface area (Å²) in [6, 6.07) is 0.492. The summed E-state index contributed by atoms with van der Waals surface area (Å²) in [5.41, 5.74) is 0. The van der Waals surface area contributed by atoms with Gasteiger partial charge in [-0.15, -0.1) is 0 Å². The summed E-state index contributed by atoms with van der Waals surface area (Å²) in [5, 5.41) is 9.04. The van der Waals surface area contributed by atoms with Crippen LogP contribution in [0.1, 0.15) is 65.7 Å². The van der Waals surface area contributed by atoms with Crippen molar-refractivity contribution in [3.8, 4) is 0 Å². The van der Waals surface area contributed by atoms with E-state index in [1.807, 2.05) is 4.90 Å². The van der Waals surface area contributed by atoms with Gasteiger partial charge in [0, 0.05) is 12.5 Å². The SMILES string of the molecule is CC(C)CC(=O)N1C(C)CCC1COC1CCC(C(=O)O)CC1. The predicted molar refractivity (Wildman–Crippen MR) is 88.1 cm³/mol. The molecule has 0 aromatic carbocycles. The Morgan fingerprint density at radius 3 is 2.35 bits per heavy atom. The van der Waals surface area contributed by atoms with Crippen LogP contribution >= 0.6 is 0 Å². The van der Waals surface area contributed by atoms with Gasteiger partial charge in [0.05, 0.1) is 24.7 Å². The Bertz CT molecular complexity index is 415. The molecule has 0 bridgehead atoms. The van der Waals surface area contributed by atoms with E-state index in [2.05, 4.69) is 20.8 Å². The Morgan fingerprint density at radius 2 is 1.78 bits per heavy atom. The molecule has 0 aromatic rings. The molecule has 2 aliphatic rings. The highest BCUT2D eigenvalue weighted by molar-refractivity contribution is 5.77. The van der Waals surface area contributed by atoms with Crippen molar-refractivity contribution in [1.82, 2.24) is 4.90 Å². The number of carbonyl (C=O) groups is 2. The van der Waals surface area contributed by atoms with Gasteiger partial charge in [0.25, 0.3) is 0 Å². The monoisotopic (exact) mass is 325 g/mol.